The Morgan fingerprint density at radius 2 is 2.25 bits per heavy atom. The smallest absolute Gasteiger partial charge is 0.135 e. The number of aromatic nitrogens is 2. The number of nitrogens with zero attached hydrogens (tertiary/aromatic N) is 3. The number of anilines is 1. The van der Waals surface area contributed by atoms with Gasteiger partial charge in [0, 0.05) is 38.2 Å². The molecule has 3 heterocycles. The van der Waals surface area contributed by atoms with Gasteiger partial charge < -0.3 is 20.1 Å². The predicted octanol–water partition coefficient (Wildman–Crippen LogP) is -0.248. The van der Waals surface area contributed by atoms with Crippen LogP contribution in [0.5, 0.6) is 0 Å². The molecule has 0 radical (unpaired) electrons. The van der Waals surface area contributed by atoms with Gasteiger partial charge in [0.15, 0.2) is 0 Å². The third kappa shape index (κ3) is 2.92. The summed E-state index contributed by atoms with van der Waals surface area (Å²) in [6, 6.07) is 0. The molecule has 20 heavy (non-hydrogen) atoms. The molecule has 6 heteroatoms. The fraction of sp³-hybridized carbons (Fsp3) is 0.714. The summed E-state index contributed by atoms with van der Waals surface area (Å²) >= 11 is 0. The number of ether oxygens (including phenoxy) is 1. The van der Waals surface area contributed by atoms with Crippen LogP contribution in [0.3, 0.4) is 0 Å². The van der Waals surface area contributed by atoms with Crippen LogP contribution in [-0.2, 0) is 17.6 Å². The topological polar surface area (TPSA) is 70.5 Å². The fourth-order valence-electron chi connectivity index (χ4n) is 2.96. The molecule has 3 rings (SSSR count). The SMILES string of the molecule is OCC[C@H]1CN(c2ncnc3c2CCNCC3)CCO1. The second-order valence-corrected chi connectivity index (χ2v) is 5.32. The first kappa shape index (κ1) is 13.7. The Bertz CT molecular complexity index is 453. The standard InChI is InChI=1S/C14H22N4O2/c19-7-3-11-9-18(6-8-20-11)14-12-1-4-15-5-2-13(12)16-10-17-14/h10-11,15,19H,1-9H2/t11-/m0/s1. The van der Waals surface area contributed by atoms with Crippen molar-refractivity contribution in [2.75, 3.05) is 44.3 Å². The van der Waals surface area contributed by atoms with Crippen molar-refractivity contribution in [3.05, 3.63) is 17.6 Å². The molecule has 0 aliphatic carbocycles. The number of hydrogen-bond donors (Lipinski definition) is 2. The summed E-state index contributed by atoms with van der Waals surface area (Å²) in [6.07, 6.45) is 4.41. The Morgan fingerprint density at radius 3 is 3.15 bits per heavy atom. The molecule has 2 N–H and O–H groups in total. The Morgan fingerprint density at radius 1 is 1.35 bits per heavy atom. The maximum absolute atomic E-state index is 9.07. The molecule has 110 valence electrons. The van der Waals surface area contributed by atoms with Crippen molar-refractivity contribution in [2.45, 2.75) is 25.4 Å². The van der Waals surface area contributed by atoms with E-state index in [9.17, 15) is 0 Å². The molecule has 1 fully saturated rings. The van der Waals surface area contributed by atoms with Gasteiger partial charge in [0.2, 0.25) is 0 Å². The lowest BCUT2D eigenvalue weighted by Crippen LogP contribution is -2.43. The predicted molar refractivity (Wildman–Crippen MR) is 76.0 cm³/mol. The fourth-order valence-corrected chi connectivity index (χ4v) is 2.96. The summed E-state index contributed by atoms with van der Waals surface area (Å²) in [6.45, 7) is 4.50. The Kier molecular flexibility index (Phi) is 4.44. The normalized spacial score (nSPS) is 23.2. The third-order valence-electron chi connectivity index (χ3n) is 3.99. The first-order valence-corrected chi connectivity index (χ1v) is 7.39. The summed E-state index contributed by atoms with van der Waals surface area (Å²) in [5.74, 6) is 1.06. The minimum atomic E-state index is 0.100. The molecule has 1 saturated heterocycles. The van der Waals surface area contributed by atoms with Gasteiger partial charge in [-0.3, -0.25) is 0 Å². The number of rotatable bonds is 3. The Hall–Kier alpha value is -1.24. The number of fused-ring (bicyclic) bond motifs is 1. The van der Waals surface area contributed by atoms with Crippen LogP contribution in [0.25, 0.3) is 0 Å². The summed E-state index contributed by atoms with van der Waals surface area (Å²) in [5, 5.41) is 12.5. The quantitative estimate of drug-likeness (QED) is 0.795. The van der Waals surface area contributed by atoms with Crippen LogP contribution in [0.15, 0.2) is 6.33 Å². The lowest BCUT2D eigenvalue weighted by Gasteiger charge is -2.34. The van der Waals surface area contributed by atoms with E-state index in [1.807, 2.05) is 0 Å². The van der Waals surface area contributed by atoms with Crippen molar-refractivity contribution in [3.63, 3.8) is 0 Å². The van der Waals surface area contributed by atoms with E-state index < -0.39 is 0 Å². The maximum atomic E-state index is 9.07. The Balaban J connectivity index is 1.82. The zero-order chi connectivity index (χ0) is 13.8. The van der Waals surface area contributed by atoms with E-state index in [1.165, 1.54) is 11.3 Å². The second kappa shape index (κ2) is 6.47. The van der Waals surface area contributed by atoms with E-state index in [0.29, 0.717) is 13.0 Å². The molecule has 0 saturated carbocycles. The van der Waals surface area contributed by atoms with Gasteiger partial charge in [-0.15, -0.1) is 0 Å². The molecule has 1 aromatic heterocycles. The average molecular weight is 278 g/mol. The van der Waals surface area contributed by atoms with Crippen LogP contribution < -0.4 is 10.2 Å². The second-order valence-electron chi connectivity index (χ2n) is 5.32. The van der Waals surface area contributed by atoms with Crippen molar-refractivity contribution >= 4 is 5.82 Å². The molecule has 1 atom stereocenters. The molecule has 0 bridgehead atoms. The lowest BCUT2D eigenvalue weighted by molar-refractivity contribution is 0.0244. The number of aliphatic hydroxyl groups excluding tert-OH is 1. The molecule has 1 aromatic rings. The summed E-state index contributed by atoms with van der Waals surface area (Å²) in [7, 11) is 0. The molecule has 0 spiro atoms. The van der Waals surface area contributed by atoms with Crippen LogP contribution in [0, 0.1) is 0 Å². The average Bonchev–Trinajstić information content (AvgIpc) is 2.73. The van der Waals surface area contributed by atoms with Gasteiger partial charge in [0.05, 0.1) is 18.4 Å². The Labute approximate surface area is 119 Å². The number of aliphatic hydroxyl groups is 1. The largest absolute Gasteiger partial charge is 0.396 e. The minimum absolute atomic E-state index is 0.100. The summed E-state index contributed by atoms with van der Waals surface area (Å²) in [5.41, 5.74) is 2.45. The lowest BCUT2D eigenvalue weighted by atomic mass is 10.1. The zero-order valence-electron chi connectivity index (χ0n) is 11.7. The molecule has 0 unspecified atom stereocenters. The van der Waals surface area contributed by atoms with Gasteiger partial charge in [-0.25, -0.2) is 9.97 Å². The summed E-state index contributed by atoms with van der Waals surface area (Å²) in [4.78, 5) is 11.2. The van der Waals surface area contributed by atoms with Crippen LogP contribution in [-0.4, -0.2) is 60.6 Å². The molecule has 0 aromatic carbocycles. The first-order valence-electron chi connectivity index (χ1n) is 7.39. The van der Waals surface area contributed by atoms with E-state index in [4.69, 9.17) is 9.84 Å². The molecular weight excluding hydrogens is 256 g/mol. The highest BCUT2D eigenvalue weighted by Gasteiger charge is 2.24. The van der Waals surface area contributed by atoms with Crippen molar-refractivity contribution in [3.8, 4) is 0 Å². The number of nitrogens with one attached hydrogen (secondary N) is 1. The van der Waals surface area contributed by atoms with Crippen LogP contribution in [0.1, 0.15) is 17.7 Å². The van der Waals surface area contributed by atoms with Gasteiger partial charge in [-0.1, -0.05) is 0 Å². The molecular formula is C14H22N4O2. The monoisotopic (exact) mass is 278 g/mol. The molecule has 2 aliphatic heterocycles. The van der Waals surface area contributed by atoms with E-state index in [2.05, 4.69) is 20.2 Å². The van der Waals surface area contributed by atoms with Gasteiger partial charge in [0.1, 0.15) is 12.1 Å². The van der Waals surface area contributed by atoms with Crippen LogP contribution >= 0.6 is 0 Å². The van der Waals surface area contributed by atoms with E-state index >= 15 is 0 Å². The van der Waals surface area contributed by atoms with Gasteiger partial charge >= 0.3 is 0 Å². The number of hydrogen-bond acceptors (Lipinski definition) is 6. The van der Waals surface area contributed by atoms with Crippen LogP contribution in [0.4, 0.5) is 5.82 Å². The van der Waals surface area contributed by atoms with Crippen molar-refractivity contribution in [1.29, 1.82) is 0 Å². The highest BCUT2D eigenvalue weighted by molar-refractivity contribution is 5.49. The maximum Gasteiger partial charge on any atom is 0.135 e. The van der Waals surface area contributed by atoms with Gasteiger partial charge in [0.25, 0.3) is 0 Å². The van der Waals surface area contributed by atoms with Crippen molar-refractivity contribution < 1.29 is 9.84 Å². The van der Waals surface area contributed by atoms with Crippen molar-refractivity contribution in [1.82, 2.24) is 15.3 Å². The van der Waals surface area contributed by atoms with Gasteiger partial charge in [-0.05, 0) is 19.4 Å². The van der Waals surface area contributed by atoms with Crippen LogP contribution in [0.2, 0.25) is 0 Å². The van der Waals surface area contributed by atoms with Gasteiger partial charge in [-0.2, -0.15) is 0 Å². The summed E-state index contributed by atoms with van der Waals surface area (Å²) < 4.78 is 5.68. The third-order valence-corrected chi connectivity index (χ3v) is 3.99. The highest BCUT2D eigenvalue weighted by Crippen LogP contribution is 2.24. The molecule has 2 aliphatic rings. The molecule has 0 amide bonds. The molecule has 6 nitrogen and oxygen atoms in total. The number of morpholine rings is 1. The van der Waals surface area contributed by atoms with Crippen molar-refractivity contribution in [2.24, 2.45) is 0 Å². The minimum Gasteiger partial charge on any atom is -0.396 e. The van der Waals surface area contributed by atoms with E-state index in [1.54, 1.807) is 6.33 Å². The highest BCUT2D eigenvalue weighted by atomic mass is 16.5. The first-order chi connectivity index (χ1) is 9.88. The zero-order valence-corrected chi connectivity index (χ0v) is 11.7. The van der Waals surface area contributed by atoms with E-state index in [-0.39, 0.29) is 12.7 Å². The van der Waals surface area contributed by atoms with E-state index in [0.717, 1.165) is 44.8 Å².